The molecule has 3 aromatic heterocycles. The summed E-state index contributed by atoms with van der Waals surface area (Å²) < 4.78 is 37.2. The van der Waals surface area contributed by atoms with Gasteiger partial charge < -0.3 is 15.0 Å². The molecule has 0 spiro atoms. The van der Waals surface area contributed by atoms with Crippen LogP contribution in [0.3, 0.4) is 0 Å². The first-order valence-electron chi connectivity index (χ1n) is 12.0. The van der Waals surface area contributed by atoms with Gasteiger partial charge in [-0.25, -0.2) is 18.7 Å². The molecule has 4 heterocycles. The van der Waals surface area contributed by atoms with Crippen LogP contribution in [0.2, 0.25) is 0 Å². The number of halogens is 3. The van der Waals surface area contributed by atoms with Crippen LogP contribution in [0.25, 0.3) is 22.3 Å². The zero-order chi connectivity index (χ0) is 25.2. The summed E-state index contributed by atoms with van der Waals surface area (Å²) in [5, 5.41) is 3.71. The fraction of sp³-hybridized carbons (Fsp3) is 0.296. The third kappa shape index (κ3) is 4.65. The lowest BCUT2D eigenvalue weighted by Gasteiger charge is -2.30. The third-order valence-electron chi connectivity index (χ3n) is 6.32. The number of hydrogen-bond donors (Lipinski definition) is 1. The Morgan fingerprint density at radius 3 is 2.67 bits per heavy atom. The van der Waals surface area contributed by atoms with Crippen molar-refractivity contribution >= 4 is 44.0 Å². The van der Waals surface area contributed by atoms with Gasteiger partial charge in [0, 0.05) is 47.1 Å². The number of aromatic nitrogens is 3. The molecule has 1 aromatic carbocycles. The third-order valence-corrected chi connectivity index (χ3v) is 6.75. The summed E-state index contributed by atoms with van der Waals surface area (Å²) in [4.78, 5) is 15.9. The molecule has 1 saturated heterocycles. The molecule has 0 atom stereocenters. The molecular weight excluding hydrogens is 528 g/mol. The standard InChI is InChI=1S/C27H26BrF2N5O/c1-3-6-18-19(29)14-21-23(24(18)30)26(16(2)25(33-21)20-7-4-5-8-31-20)34-22-13-17(28)15-32-27(22)35-9-11-36-12-10-35/h4-5,7-8,13-15H,3,6,9-12H2,1-2H3,(H,33,34). The van der Waals surface area contributed by atoms with Crippen LogP contribution in [0.1, 0.15) is 24.5 Å². The molecule has 186 valence electrons. The molecule has 1 N–H and O–H groups in total. The fourth-order valence-corrected chi connectivity index (χ4v) is 4.89. The summed E-state index contributed by atoms with van der Waals surface area (Å²) in [6, 6.07) is 8.75. The zero-order valence-electron chi connectivity index (χ0n) is 20.1. The second-order valence-electron chi connectivity index (χ2n) is 8.72. The van der Waals surface area contributed by atoms with Gasteiger partial charge in [0.05, 0.1) is 46.9 Å². The first-order valence-corrected chi connectivity index (χ1v) is 12.7. The van der Waals surface area contributed by atoms with E-state index in [0.717, 1.165) is 10.3 Å². The van der Waals surface area contributed by atoms with E-state index in [-0.39, 0.29) is 16.5 Å². The van der Waals surface area contributed by atoms with Crippen molar-refractivity contribution in [1.82, 2.24) is 15.0 Å². The molecular formula is C27H26BrF2N5O. The highest BCUT2D eigenvalue weighted by atomic mass is 79.9. The van der Waals surface area contributed by atoms with E-state index in [9.17, 15) is 4.39 Å². The van der Waals surface area contributed by atoms with Gasteiger partial charge in [-0.3, -0.25) is 4.98 Å². The largest absolute Gasteiger partial charge is 0.378 e. The highest BCUT2D eigenvalue weighted by molar-refractivity contribution is 9.10. The minimum absolute atomic E-state index is 0.0700. The number of benzene rings is 1. The molecule has 1 aliphatic heterocycles. The monoisotopic (exact) mass is 553 g/mol. The maximum Gasteiger partial charge on any atom is 0.152 e. The van der Waals surface area contributed by atoms with Crippen molar-refractivity contribution in [2.24, 2.45) is 0 Å². The molecule has 0 aliphatic carbocycles. The van der Waals surface area contributed by atoms with Crippen LogP contribution in [-0.4, -0.2) is 41.3 Å². The van der Waals surface area contributed by atoms with E-state index >= 15 is 4.39 Å². The Morgan fingerprint density at radius 2 is 1.94 bits per heavy atom. The molecule has 4 aromatic rings. The molecule has 1 aliphatic rings. The number of anilines is 3. The number of nitrogens with one attached hydrogen (secondary N) is 1. The van der Waals surface area contributed by atoms with Crippen LogP contribution in [0, 0.1) is 18.6 Å². The molecule has 36 heavy (non-hydrogen) atoms. The van der Waals surface area contributed by atoms with E-state index in [1.807, 2.05) is 38.1 Å². The van der Waals surface area contributed by atoms with E-state index < -0.39 is 11.6 Å². The Labute approximate surface area is 216 Å². The number of morpholine rings is 1. The predicted octanol–water partition coefficient (Wildman–Crippen LogP) is 6.57. The Kier molecular flexibility index (Phi) is 7.11. The van der Waals surface area contributed by atoms with Gasteiger partial charge in [-0.15, -0.1) is 0 Å². The minimum Gasteiger partial charge on any atom is -0.378 e. The van der Waals surface area contributed by atoms with Crippen molar-refractivity contribution in [1.29, 1.82) is 0 Å². The average molecular weight is 554 g/mol. The number of pyridine rings is 3. The van der Waals surface area contributed by atoms with E-state index in [1.165, 1.54) is 6.07 Å². The topological polar surface area (TPSA) is 63.2 Å². The van der Waals surface area contributed by atoms with Gasteiger partial charge in [0.1, 0.15) is 11.6 Å². The van der Waals surface area contributed by atoms with Crippen LogP contribution in [0.4, 0.5) is 26.0 Å². The Hall–Kier alpha value is -3.17. The van der Waals surface area contributed by atoms with E-state index in [4.69, 9.17) is 4.74 Å². The van der Waals surface area contributed by atoms with E-state index in [0.29, 0.717) is 67.5 Å². The number of fused-ring (bicyclic) bond motifs is 1. The van der Waals surface area contributed by atoms with Gasteiger partial charge in [0.25, 0.3) is 0 Å². The van der Waals surface area contributed by atoms with Gasteiger partial charge in [0.2, 0.25) is 0 Å². The summed E-state index contributed by atoms with van der Waals surface area (Å²) in [6.45, 7) is 6.37. The van der Waals surface area contributed by atoms with Crippen molar-refractivity contribution in [3.63, 3.8) is 0 Å². The molecule has 0 amide bonds. The van der Waals surface area contributed by atoms with Gasteiger partial charge in [-0.2, -0.15) is 0 Å². The highest BCUT2D eigenvalue weighted by Crippen LogP contribution is 2.40. The SMILES string of the molecule is CCCc1c(F)cc2nc(-c3ccccn3)c(C)c(Nc3cc(Br)cnc3N3CCOCC3)c2c1F. The van der Waals surface area contributed by atoms with Gasteiger partial charge in [-0.1, -0.05) is 19.4 Å². The molecule has 1 fully saturated rings. The van der Waals surface area contributed by atoms with E-state index in [2.05, 4.69) is 41.1 Å². The zero-order valence-corrected chi connectivity index (χ0v) is 21.7. The van der Waals surface area contributed by atoms with Crippen LogP contribution >= 0.6 is 15.9 Å². The van der Waals surface area contributed by atoms with Crippen molar-refractivity contribution in [2.45, 2.75) is 26.7 Å². The summed E-state index contributed by atoms with van der Waals surface area (Å²) in [7, 11) is 0. The fourth-order valence-electron chi connectivity index (χ4n) is 4.56. The van der Waals surface area contributed by atoms with Crippen LogP contribution in [0.5, 0.6) is 0 Å². The molecule has 0 saturated carbocycles. The minimum atomic E-state index is -0.589. The van der Waals surface area contributed by atoms with Gasteiger partial charge in [-0.05, 0) is 47.5 Å². The lowest BCUT2D eigenvalue weighted by molar-refractivity contribution is 0.122. The summed E-state index contributed by atoms with van der Waals surface area (Å²) in [6.07, 6.45) is 4.33. The lowest BCUT2D eigenvalue weighted by Crippen LogP contribution is -2.37. The Balaban J connectivity index is 1.75. The average Bonchev–Trinajstić information content (AvgIpc) is 2.89. The first kappa shape index (κ1) is 24.5. The van der Waals surface area contributed by atoms with Crippen LogP contribution < -0.4 is 10.2 Å². The second-order valence-corrected chi connectivity index (χ2v) is 9.64. The molecule has 0 bridgehead atoms. The summed E-state index contributed by atoms with van der Waals surface area (Å²) in [5.41, 5.74) is 3.42. The number of nitrogens with zero attached hydrogens (tertiary/aromatic N) is 4. The molecule has 0 radical (unpaired) electrons. The highest BCUT2D eigenvalue weighted by Gasteiger charge is 2.24. The number of rotatable bonds is 6. The second kappa shape index (κ2) is 10.4. The van der Waals surface area contributed by atoms with Crippen molar-refractivity contribution < 1.29 is 13.5 Å². The lowest BCUT2D eigenvalue weighted by atomic mass is 9.99. The van der Waals surface area contributed by atoms with Crippen molar-refractivity contribution in [3.8, 4) is 11.4 Å². The number of hydrogen-bond acceptors (Lipinski definition) is 6. The smallest absolute Gasteiger partial charge is 0.152 e. The summed E-state index contributed by atoms with van der Waals surface area (Å²) in [5.74, 6) is -0.441. The van der Waals surface area contributed by atoms with Crippen molar-refractivity contribution in [3.05, 3.63) is 70.0 Å². The van der Waals surface area contributed by atoms with Crippen LogP contribution in [0.15, 0.2) is 47.2 Å². The maximum atomic E-state index is 15.9. The molecule has 9 heteroatoms. The molecule has 5 rings (SSSR count). The maximum absolute atomic E-state index is 15.9. The normalized spacial score (nSPS) is 13.9. The van der Waals surface area contributed by atoms with Crippen LogP contribution in [-0.2, 0) is 11.2 Å². The quantitative estimate of drug-likeness (QED) is 0.291. The molecule has 6 nitrogen and oxygen atoms in total. The van der Waals surface area contributed by atoms with E-state index in [1.54, 1.807) is 12.4 Å². The Morgan fingerprint density at radius 1 is 1.14 bits per heavy atom. The van der Waals surface area contributed by atoms with Gasteiger partial charge in [0.15, 0.2) is 5.82 Å². The summed E-state index contributed by atoms with van der Waals surface area (Å²) >= 11 is 3.52. The first-order chi connectivity index (χ1) is 17.5. The predicted molar refractivity (Wildman–Crippen MR) is 142 cm³/mol. The Bertz CT molecular complexity index is 1410. The van der Waals surface area contributed by atoms with Gasteiger partial charge >= 0.3 is 0 Å². The molecule has 0 unspecified atom stereocenters. The number of ether oxygens (including phenoxy) is 1. The van der Waals surface area contributed by atoms with Crippen molar-refractivity contribution in [2.75, 3.05) is 36.5 Å².